The normalized spacial score (nSPS) is 12.2. The third-order valence-electron chi connectivity index (χ3n) is 2.78. The van der Waals surface area contributed by atoms with E-state index in [2.05, 4.69) is 41.4 Å². The van der Waals surface area contributed by atoms with Crippen molar-refractivity contribution in [1.82, 2.24) is 9.97 Å². The Morgan fingerprint density at radius 1 is 1.17 bits per heavy atom. The van der Waals surface area contributed by atoms with Gasteiger partial charge in [0.2, 0.25) is 0 Å². The van der Waals surface area contributed by atoms with Gasteiger partial charge in [-0.2, -0.15) is 0 Å². The Morgan fingerprint density at radius 3 is 2.56 bits per heavy atom. The van der Waals surface area contributed by atoms with E-state index in [1.54, 1.807) is 0 Å². The highest BCUT2D eigenvalue weighted by Gasteiger charge is 2.05. The molecule has 0 aliphatic heterocycles. The Labute approximate surface area is 111 Å². The van der Waals surface area contributed by atoms with E-state index < -0.39 is 0 Å². The maximum atomic E-state index is 4.43. The maximum absolute atomic E-state index is 4.43. The summed E-state index contributed by atoms with van der Waals surface area (Å²) >= 11 is 0. The average molecular weight is 250 g/mol. The van der Waals surface area contributed by atoms with E-state index in [-0.39, 0.29) is 0 Å². The fraction of sp³-hybridized carbons (Fsp3) is 0.714. The first-order chi connectivity index (χ1) is 8.65. The lowest BCUT2D eigenvalue weighted by Crippen LogP contribution is -2.16. The second kappa shape index (κ2) is 7.90. The highest BCUT2D eigenvalue weighted by Crippen LogP contribution is 2.13. The van der Waals surface area contributed by atoms with Crippen LogP contribution in [0.1, 0.15) is 52.3 Å². The molecule has 0 aromatic carbocycles. The largest absolute Gasteiger partial charge is 0.370 e. The first-order valence-corrected chi connectivity index (χ1v) is 7.01. The predicted octanol–water partition coefficient (Wildman–Crippen LogP) is 3.60. The van der Waals surface area contributed by atoms with Gasteiger partial charge in [-0.25, -0.2) is 9.97 Å². The van der Waals surface area contributed by atoms with Gasteiger partial charge in [-0.1, -0.05) is 26.7 Å². The van der Waals surface area contributed by atoms with Crippen molar-refractivity contribution < 1.29 is 0 Å². The lowest BCUT2D eigenvalue weighted by molar-refractivity contribution is 0.642. The van der Waals surface area contributed by atoms with Crippen LogP contribution in [0.25, 0.3) is 0 Å². The number of hydrogen-bond acceptors (Lipinski definition) is 4. The molecule has 1 atom stereocenters. The van der Waals surface area contributed by atoms with Gasteiger partial charge >= 0.3 is 0 Å². The molecule has 0 radical (unpaired) electrons. The van der Waals surface area contributed by atoms with E-state index in [9.17, 15) is 0 Å². The van der Waals surface area contributed by atoms with Crippen LogP contribution in [-0.2, 0) is 0 Å². The number of nitrogens with one attached hydrogen (secondary N) is 2. The standard InChI is InChI=1S/C14H26N4/c1-5-7-8-11(3)16-14-10-13(15-9-6-2)17-12(4)18-14/h10-11H,5-9H2,1-4H3,(H2,15,16,17,18). The van der Waals surface area contributed by atoms with Crippen LogP contribution in [-0.4, -0.2) is 22.6 Å². The molecule has 1 rings (SSSR count). The summed E-state index contributed by atoms with van der Waals surface area (Å²) in [6.45, 7) is 9.44. The molecule has 0 aliphatic carbocycles. The van der Waals surface area contributed by atoms with Crippen LogP contribution in [0.4, 0.5) is 11.6 Å². The van der Waals surface area contributed by atoms with Gasteiger partial charge in [0.1, 0.15) is 17.5 Å². The lowest BCUT2D eigenvalue weighted by atomic mass is 10.1. The van der Waals surface area contributed by atoms with Crippen LogP contribution < -0.4 is 10.6 Å². The van der Waals surface area contributed by atoms with Crippen molar-refractivity contribution >= 4 is 11.6 Å². The van der Waals surface area contributed by atoms with E-state index in [4.69, 9.17) is 0 Å². The third-order valence-corrected chi connectivity index (χ3v) is 2.78. The molecule has 18 heavy (non-hydrogen) atoms. The molecule has 1 aromatic heterocycles. The van der Waals surface area contributed by atoms with Gasteiger partial charge in [-0.15, -0.1) is 0 Å². The lowest BCUT2D eigenvalue weighted by Gasteiger charge is -2.15. The van der Waals surface area contributed by atoms with Crippen LogP contribution >= 0.6 is 0 Å². The molecule has 0 fully saturated rings. The van der Waals surface area contributed by atoms with E-state index in [0.29, 0.717) is 6.04 Å². The second-order valence-corrected chi connectivity index (χ2v) is 4.80. The van der Waals surface area contributed by atoms with E-state index in [0.717, 1.165) is 30.4 Å². The Balaban J connectivity index is 2.61. The van der Waals surface area contributed by atoms with Crippen LogP contribution in [0, 0.1) is 6.92 Å². The molecule has 4 nitrogen and oxygen atoms in total. The fourth-order valence-corrected chi connectivity index (χ4v) is 1.82. The molecule has 0 amide bonds. The van der Waals surface area contributed by atoms with E-state index in [1.807, 2.05) is 13.0 Å². The highest BCUT2D eigenvalue weighted by molar-refractivity contribution is 5.47. The maximum Gasteiger partial charge on any atom is 0.132 e. The molecular formula is C14H26N4. The Hall–Kier alpha value is -1.32. The van der Waals surface area contributed by atoms with E-state index >= 15 is 0 Å². The number of nitrogens with zero attached hydrogens (tertiary/aromatic N) is 2. The zero-order valence-corrected chi connectivity index (χ0v) is 12.1. The van der Waals surface area contributed by atoms with Crippen LogP contribution in [0.3, 0.4) is 0 Å². The zero-order valence-electron chi connectivity index (χ0n) is 12.1. The van der Waals surface area contributed by atoms with Crippen LogP contribution in [0.15, 0.2) is 6.07 Å². The third kappa shape index (κ3) is 5.34. The van der Waals surface area contributed by atoms with Crippen LogP contribution in [0.2, 0.25) is 0 Å². The first-order valence-electron chi connectivity index (χ1n) is 7.01. The summed E-state index contributed by atoms with van der Waals surface area (Å²) < 4.78 is 0. The van der Waals surface area contributed by atoms with Gasteiger partial charge in [-0.05, 0) is 26.7 Å². The van der Waals surface area contributed by atoms with Gasteiger partial charge in [-0.3, -0.25) is 0 Å². The van der Waals surface area contributed by atoms with Crippen molar-refractivity contribution in [3.8, 4) is 0 Å². The van der Waals surface area contributed by atoms with Gasteiger partial charge in [0.25, 0.3) is 0 Å². The Bertz CT molecular complexity index is 352. The summed E-state index contributed by atoms with van der Waals surface area (Å²) in [6.07, 6.45) is 4.76. The van der Waals surface area contributed by atoms with Crippen LogP contribution in [0.5, 0.6) is 0 Å². The minimum Gasteiger partial charge on any atom is -0.370 e. The van der Waals surface area contributed by atoms with Crippen molar-refractivity contribution in [1.29, 1.82) is 0 Å². The minimum absolute atomic E-state index is 0.457. The molecule has 0 spiro atoms. The predicted molar refractivity (Wildman–Crippen MR) is 78.2 cm³/mol. The molecule has 1 aromatic rings. The summed E-state index contributed by atoms with van der Waals surface area (Å²) in [5.41, 5.74) is 0. The smallest absolute Gasteiger partial charge is 0.132 e. The van der Waals surface area contributed by atoms with Gasteiger partial charge in [0, 0.05) is 18.7 Å². The summed E-state index contributed by atoms with van der Waals surface area (Å²) in [4.78, 5) is 8.81. The molecular weight excluding hydrogens is 224 g/mol. The summed E-state index contributed by atoms with van der Waals surface area (Å²) in [5, 5.41) is 6.74. The quantitative estimate of drug-likeness (QED) is 0.740. The monoisotopic (exact) mass is 250 g/mol. The summed E-state index contributed by atoms with van der Waals surface area (Å²) in [6, 6.07) is 2.45. The molecule has 2 N–H and O–H groups in total. The number of unbranched alkanes of at least 4 members (excludes halogenated alkanes) is 1. The average Bonchev–Trinajstić information content (AvgIpc) is 2.33. The van der Waals surface area contributed by atoms with E-state index in [1.165, 1.54) is 19.3 Å². The van der Waals surface area contributed by atoms with Crippen molar-refractivity contribution in [2.45, 2.75) is 59.4 Å². The molecule has 1 heterocycles. The van der Waals surface area contributed by atoms with Gasteiger partial charge in [0.15, 0.2) is 0 Å². The molecule has 0 saturated carbocycles. The minimum atomic E-state index is 0.457. The molecule has 1 unspecified atom stereocenters. The van der Waals surface area contributed by atoms with Gasteiger partial charge in [0.05, 0.1) is 0 Å². The molecule has 102 valence electrons. The van der Waals surface area contributed by atoms with Crippen molar-refractivity contribution in [2.75, 3.05) is 17.2 Å². The Kier molecular flexibility index (Phi) is 6.47. The molecule has 0 aliphatic rings. The topological polar surface area (TPSA) is 49.8 Å². The van der Waals surface area contributed by atoms with Crippen molar-refractivity contribution in [3.05, 3.63) is 11.9 Å². The number of hydrogen-bond donors (Lipinski definition) is 2. The molecule has 0 saturated heterocycles. The van der Waals surface area contributed by atoms with Crippen molar-refractivity contribution in [2.24, 2.45) is 0 Å². The number of rotatable bonds is 8. The number of anilines is 2. The summed E-state index contributed by atoms with van der Waals surface area (Å²) in [7, 11) is 0. The van der Waals surface area contributed by atoms with Crippen molar-refractivity contribution in [3.63, 3.8) is 0 Å². The first kappa shape index (κ1) is 14.7. The molecule has 4 heteroatoms. The second-order valence-electron chi connectivity index (χ2n) is 4.80. The number of aromatic nitrogens is 2. The Morgan fingerprint density at radius 2 is 1.89 bits per heavy atom. The fourth-order valence-electron chi connectivity index (χ4n) is 1.82. The highest BCUT2D eigenvalue weighted by atomic mass is 15.1. The van der Waals surface area contributed by atoms with Gasteiger partial charge < -0.3 is 10.6 Å². The number of aryl methyl sites for hydroxylation is 1. The zero-order chi connectivity index (χ0) is 13.4. The summed E-state index contributed by atoms with van der Waals surface area (Å²) in [5.74, 6) is 2.64. The SMILES string of the molecule is CCCCC(C)Nc1cc(NCCC)nc(C)n1. The molecule has 0 bridgehead atoms.